The van der Waals surface area contributed by atoms with E-state index in [0.29, 0.717) is 11.1 Å². The quantitative estimate of drug-likeness (QED) is 0.907. The Labute approximate surface area is 104 Å². The molecule has 2 aromatic rings. The molecule has 0 spiro atoms. The topological polar surface area (TPSA) is 38.9 Å². The second kappa shape index (κ2) is 4.82. The highest BCUT2D eigenvalue weighted by molar-refractivity contribution is 5.26. The van der Waals surface area contributed by atoms with Gasteiger partial charge in [-0.25, -0.2) is 8.78 Å². The van der Waals surface area contributed by atoms with Gasteiger partial charge in [0.2, 0.25) is 0 Å². The van der Waals surface area contributed by atoms with Crippen LogP contribution in [0.3, 0.4) is 0 Å². The van der Waals surface area contributed by atoms with Crippen molar-refractivity contribution in [3.05, 3.63) is 65.5 Å². The van der Waals surface area contributed by atoms with Crippen LogP contribution in [0, 0.1) is 11.6 Å². The van der Waals surface area contributed by atoms with Crippen molar-refractivity contribution in [2.24, 2.45) is 5.73 Å². The maximum absolute atomic E-state index is 13.6. The Balaban J connectivity index is 2.30. The predicted molar refractivity (Wildman–Crippen MR) is 65.8 cm³/mol. The van der Waals surface area contributed by atoms with Crippen LogP contribution in [0.15, 0.2) is 42.7 Å². The van der Waals surface area contributed by atoms with Crippen molar-refractivity contribution in [1.29, 1.82) is 0 Å². The van der Waals surface area contributed by atoms with Gasteiger partial charge in [0, 0.05) is 11.7 Å². The summed E-state index contributed by atoms with van der Waals surface area (Å²) >= 11 is 0. The molecule has 4 heteroatoms. The first kappa shape index (κ1) is 12.6. The normalized spacial score (nSPS) is 14.2. The number of nitrogens with two attached hydrogens (primary N) is 1. The molecular formula is C14H14F2N2. The minimum Gasteiger partial charge on any atom is -0.321 e. The number of aromatic nitrogens is 1. The van der Waals surface area contributed by atoms with Crippen LogP contribution in [-0.4, -0.2) is 4.98 Å². The van der Waals surface area contributed by atoms with Gasteiger partial charge in [-0.05, 0) is 36.6 Å². The van der Waals surface area contributed by atoms with Crippen LogP contribution < -0.4 is 5.73 Å². The molecule has 1 atom stereocenters. The number of hydrogen-bond donors (Lipinski definition) is 1. The molecule has 1 heterocycles. The summed E-state index contributed by atoms with van der Waals surface area (Å²) in [5, 5.41) is 0. The molecule has 0 bridgehead atoms. The van der Waals surface area contributed by atoms with Crippen molar-refractivity contribution >= 4 is 0 Å². The Morgan fingerprint density at radius 2 is 1.94 bits per heavy atom. The van der Waals surface area contributed by atoms with Crippen LogP contribution >= 0.6 is 0 Å². The number of hydrogen-bond acceptors (Lipinski definition) is 2. The van der Waals surface area contributed by atoms with Gasteiger partial charge in [0.1, 0.15) is 11.6 Å². The van der Waals surface area contributed by atoms with E-state index in [2.05, 4.69) is 4.98 Å². The van der Waals surface area contributed by atoms with Gasteiger partial charge in [0.25, 0.3) is 0 Å². The third-order valence-corrected chi connectivity index (χ3v) is 2.88. The fourth-order valence-corrected chi connectivity index (χ4v) is 1.86. The molecule has 18 heavy (non-hydrogen) atoms. The van der Waals surface area contributed by atoms with Gasteiger partial charge in [-0.15, -0.1) is 0 Å². The average Bonchev–Trinajstić information content (AvgIpc) is 2.32. The van der Waals surface area contributed by atoms with Gasteiger partial charge in [-0.2, -0.15) is 0 Å². The lowest BCUT2D eigenvalue weighted by Crippen LogP contribution is -2.36. The molecule has 1 unspecified atom stereocenters. The number of halogens is 2. The summed E-state index contributed by atoms with van der Waals surface area (Å²) in [7, 11) is 0. The highest BCUT2D eigenvalue weighted by Crippen LogP contribution is 2.23. The number of nitrogens with zero attached hydrogens (tertiary/aromatic N) is 1. The lowest BCUT2D eigenvalue weighted by molar-refractivity contribution is 0.469. The predicted octanol–water partition coefficient (Wildman–Crippen LogP) is 2.78. The van der Waals surface area contributed by atoms with Crippen molar-refractivity contribution in [1.82, 2.24) is 4.98 Å². The van der Waals surface area contributed by atoms with E-state index < -0.39 is 11.4 Å². The van der Waals surface area contributed by atoms with Gasteiger partial charge in [-0.3, -0.25) is 4.98 Å². The number of benzene rings is 1. The van der Waals surface area contributed by atoms with E-state index in [0.717, 1.165) is 6.20 Å². The summed E-state index contributed by atoms with van der Waals surface area (Å²) < 4.78 is 26.7. The number of rotatable bonds is 3. The van der Waals surface area contributed by atoms with Crippen LogP contribution in [-0.2, 0) is 12.0 Å². The second-order valence-corrected chi connectivity index (χ2v) is 4.58. The first-order valence-electron chi connectivity index (χ1n) is 5.62. The van der Waals surface area contributed by atoms with E-state index in [1.165, 1.54) is 18.3 Å². The summed E-state index contributed by atoms with van der Waals surface area (Å²) in [6, 6.07) is 7.75. The van der Waals surface area contributed by atoms with E-state index >= 15 is 0 Å². The summed E-state index contributed by atoms with van der Waals surface area (Å²) in [6.45, 7) is 1.73. The Kier molecular flexibility index (Phi) is 3.39. The highest BCUT2D eigenvalue weighted by atomic mass is 19.1. The third-order valence-electron chi connectivity index (χ3n) is 2.88. The SMILES string of the molecule is CC(N)(Cc1ccccc1F)c1cncc(F)c1. The smallest absolute Gasteiger partial charge is 0.141 e. The van der Waals surface area contributed by atoms with Crippen LogP contribution in [0.2, 0.25) is 0 Å². The van der Waals surface area contributed by atoms with E-state index in [1.54, 1.807) is 25.1 Å². The van der Waals surface area contributed by atoms with Crippen LogP contribution in [0.1, 0.15) is 18.1 Å². The van der Waals surface area contributed by atoms with Gasteiger partial charge in [-0.1, -0.05) is 18.2 Å². The zero-order valence-electron chi connectivity index (χ0n) is 10.0. The molecule has 0 aliphatic carbocycles. The number of pyridine rings is 1. The van der Waals surface area contributed by atoms with Gasteiger partial charge in [0.05, 0.1) is 6.20 Å². The van der Waals surface area contributed by atoms with Crippen LogP contribution in [0.4, 0.5) is 8.78 Å². The van der Waals surface area contributed by atoms with Crippen molar-refractivity contribution in [3.63, 3.8) is 0 Å². The zero-order valence-corrected chi connectivity index (χ0v) is 10.0. The highest BCUT2D eigenvalue weighted by Gasteiger charge is 2.23. The summed E-state index contributed by atoms with van der Waals surface area (Å²) in [6.07, 6.45) is 2.90. The Morgan fingerprint density at radius 1 is 1.22 bits per heavy atom. The molecule has 2 N–H and O–H groups in total. The Bertz CT molecular complexity index is 553. The van der Waals surface area contributed by atoms with E-state index in [4.69, 9.17) is 5.73 Å². The minimum absolute atomic E-state index is 0.283. The van der Waals surface area contributed by atoms with Gasteiger partial charge < -0.3 is 5.73 Å². The molecule has 2 rings (SSSR count). The molecule has 0 saturated carbocycles. The summed E-state index contributed by atoms with van der Waals surface area (Å²) in [5.74, 6) is -0.753. The molecule has 0 aliphatic heterocycles. The molecule has 1 aromatic carbocycles. The summed E-state index contributed by atoms with van der Waals surface area (Å²) in [5.41, 5.74) is 6.32. The fourth-order valence-electron chi connectivity index (χ4n) is 1.86. The van der Waals surface area contributed by atoms with Gasteiger partial charge in [0.15, 0.2) is 0 Å². The lowest BCUT2D eigenvalue weighted by Gasteiger charge is -2.25. The van der Waals surface area contributed by atoms with Gasteiger partial charge >= 0.3 is 0 Å². The van der Waals surface area contributed by atoms with E-state index in [-0.39, 0.29) is 12.2 Å². The summed E-state index contributed by atoms with van der Waals surface area (Å²) in [4.78, 5) is 3.77. The minimum atomic E-state index is -0.864. The second-order valence-electron chi connectivity index (χ2n) is 4.58. The largest absolute Gasteiger partial charge is 0.321 e. The molecule has 0 amide bonds. The Morgan fingerprint density at radius 3 is 2.61 bits per heavy atom. The third kappa shape index (κ3) is 2.71. The molecule has 2 nitrogen and oxygen atoms in total. The van der Waals surface area contributed by atoms with Crippen LogP contribution in [0.25, 0.3) is 0 Å². The molecular weight excluding hydrogens is 234 g/mol. The van der Waals surface area contributed by atoms with E-state index in [1.807, 2.05) is 0 Å². The molecule has 0 saturated heterocycles. The van der Waals surface area contributed by atoms with Crippen molar-refractivity contribution in [3.8, 4) is 0 Å². The molecule has 0 aliphatic rings. The first-order chi connectivity index (χ1) is 8.49. The van der Waals surface area contributed by atoms with Crippen molar-refractivity contribution < 1.29 is 8.78 Å². The molecule has 94 valence electrons. The standard InChI is InChI=1S/C14H14F2N2/c1-14(17,11-6-12(15)9-18-8-11)7-10-4-2-3-5-13(10)16/h2-6,8-9H,7,17H2,1H3. The van der Waals surface area contributed by atoms with Crippen LogP contribution in [0.5, 0.6) is 0 Å². The lowest BCUT2D eigenvalue weighted by atomic mass is 9.87. The molecule has 0 fully saturated rings. The molecule has 1 aromatic heterocycles. The molecule has 0 radical (unpaired) electrons. The maximum atomic E-state index is 13.6. The van der Waals surface area contributed by atoms with Crippen molar-refractivity contribution in [2.75, 3.05) is 0 Å². The maximum Gasteiger partial charge on any atom is 0.141 e. The Hall–Kier alpha value is -1.81. The average molecular weight is 248 g/mol. The van der Waals surface area contributed by atoms with Crippen molar-refractivity contribution in [2.45, 2.75) is 18.9 Å². The first-order valence-corrected chi connectivity index (χ1v) is 5.62. The zero-order chi connectivity index (χ0) is 13.2. The van der Waals surface area contributed by atoms with E-state index in [9.17, 15) is 8.78 Å². The monoisotopic (exact) mass is 248 g/mol. The fraction of sp³-hybridized carbons (Fsp3) is 0.214.